The van der Waals surface area contributed by atoms with E-state index >= 15 is 0 Å². The van der Waals surface area contributed by atoms with Crippen LogP contribution in [0.25, 0.3) is 0 Å². The van der Waals surface area contributed by atoms with E-state index in [1.807, 2.05) is 0 Å². The van der Waals surface area contributed by atoms with Crippen molar-refractivity contribution < 1.29 is 51.8 Å². The quantitative estimate of drug-likeness (QED) is 0.486. The first-order chi connectivity index (χ1) is 4.43. The number of rotatable bonds is 2. The first-order valence-corrected chi connectivity index (χ1v) is 3.56. The van der Waals surface area contributed by atoms with Crippen molar-refractivity contribution in [1.29, 1.82) is 0 Å². The van der Waals surface area contributed by atoms with Gasteiger partial charge in [-0.1, -0.05) is 19.3 Å². The van der Waals surface area contributed by atoms with Gasteiger partial charge in [0.1, 0.15) is 0 Å². The monoisotopic (exact) mass is 456 g/mol. The average Bonchev–Trinajstić information content (AvgIpc) is 1.91. The van der Waals surface area contributed by atoms with E-state index < -0.39 is 0 Å². The predicted octanol–water partition coefficient (Wildman–Crippen LogP) is 0.973. The topological polar surface area (TPSA) is 29.1 Å². The van der Waals surface area contributed by atoms with Crippen LogP contribution in [0.2, 0.25) is 0 Å². The van der Waals surface area contributed by atoms with E-state index in [-0.39, 0.29) is 47.0 Å². The van der Waals surface area contributed by atoms with Gasteiger partial charge in [-0.3, -0.25) is 0 Å². The molecule has 0 aromatic heterocycles. The van der Waals surface area contributed by atoms with Crippen molar-refractivity contribution in [3.8, 4) is 0 Å². The van der Waals surface area contributed by atoms with Crippen LogP contribution in [0, 0.1) is 14.3 Å². The molecule has 0 heterocycles. The van der Waals surface area contributed by atoms with Crippen molar-refractivity contribution in [3.63, 3.8) is 0 Å². The second-order valence-corrected chi connectivity index (χ2v) is 2.58. The number of hydrogen-bond acceptors (Lipinski definition) is 1. The van der Waals surface area contributed by atoms with Gasteiger partial charge in [-0.15, -0.1) is 0 Å². The normalized spacial score (nSPS) is 17.5. The van der Waals surface area contributed by atoms with Gasteiger partial charge in [0, 0.05) is 47.0 Å². The Morgan fingerprint density at radius 1 is 1.18 bits per heavy atom. The predicted molar refractivity (Wildman–Crippen MR) is 35.7 cm³/mol. The molecule has 0 unspecified atom stereocenters. The van der Waals surface area contributed by atoms with Crippen LogP contribution in [0.15, 0.2) is 0 Å². The summed E-state index contributed by atoms with van der Waals surface area (Å²) in [5.74, 6) is 0. The van der Waals surface area contributed by atoms with E-state index in [1.165, 1.54) is 19.3 Å². The molecule has 0 aromatic carbocycles. The smallest absolute Gasteiger partial charge is 0 e. The molecule has 0 aromatic rings. The van der Waals surface area contributed by atoms with E-state index in [2.05, 4.69) is 5.32 Å². The molecule has 1 aliphatic carbocycles. The minimum absolute atomic E-state index is 0. The standard InChI is InChI=1S/C7H12NO.Am.Y/c9-6-8-7-4-2-1-3-5-7;;/h7H,1-5H2,(H,8,9);;/q-1;;. The van der Waals surface area contributed by atoms with Crippen LogP contribution in [-0.2, 0) is 37.5 Å². The summed E-state index contributed by atoms with van der Waals surface area (Å²) < 4.78 is 0. The summed E-state index contributed by atoms with van der Waals surface area (Å²) in [7, 11) is 0. The van der Waals surface area contributed by atoms with Crippen LogP contribution in [0.1, 0.15) is 32.1 Å². The molecule has 4 heteroatoms. The van der Waals surface area contributed by atoms with Gasteiger partial charge < -0.3 is 10.1 Å². The summed E-state index contributed by atoms with van der Waals surface area (Å²) in [5.41, 5.74) is 0. The van der Waals surface area contributed by atoms with Crippen LogP contribution >= 0.6 is 0 Å². The van der Waals surface area contributed by atoms with Crippen molar-refractivity contribution >= 4 is 6.41 Å². The van der Waals surface area contributed by atoms with E-state index in [4.69, 9.17) is 0 Å². The summed E-state index contributed by atoms with van der Waals surface area (Å²) in [4.78, 5) is 9.84. The van der Waals surface area contributed by atoms with Gasteiger partial charge >= 0.3 is 0 Å². The summed E-state index contributed by atoms with van der Waals surface area (Å²) in [6, 6.07) is 0.427. The van der Waals surface area contributed by atoms with Crippen LogP contribution in [0.5, 0.6) is 0 Å². The Labute approximate surface area is 101 Å². The van der Waals surface area contributed by atoms with Crippen LogP contribution in [0.4, 0.5) is 0 Å². The van der Waals surface area contributed by atoms with Crippen LogP contribution < -0.4 is 5.32 Å². The van der Waals surface area contributed by atoms with E-state index in [1.54, 1.807) is 6.41 Å². The van der Waals surface area contributed by atoms with Crippen molar-refractivity contribution in [1.82, 2.24) is 5.32 Å². The molecular weight excluding hydrogens is 446 g/mol. The van der Waals surface area contributed by atoms with Gasteiger partial charge in [-0.05, 0) is 18.9 Å². The Balaban J connectivity index is 0. The number of amides is 1. The molecule has 0 saturated heterocycles. The first kappa shape index (κ1) is 14.5. The molecule has 1 fully saturated rings. The zero-order valence-electron chi connectivity index (χ0n) is 6.48. The minimum Gasteiger partial charge on any atom is -0.527 e. The molecule has 62 valence electrons. The molecule has 11 heavy (non-hydrogen) atoms. The van der Waals surface area contributed by atoms with Crippen molar-refractivity contribution in [2.24, 2.45) is 0 Å². The van der Waals surface area contributed by atoms with Crippen molar-refractivity contribution in [2.45, 2.75) is 38.1 Å². The Hall–Kier alpha value is 0.964. The van der Waals surface area contributed by atoms with Crippen LogP contribution in [-0.4, -0.2) is 12.5 Å². The molecule has 1 N–H and O–H groups in total. The largest absolute Gasteiger partial charge is 0.527 e. The van der Waals surface area contributed by atoms with E-state index in [0.29, 0.717) is 6.04 Å². The van der Waals surface area contributed by atoms with Crippen molar-refractivity contribution in [3.05, 3.63) is 0 Å². The second-order valence-electron chi connectivity index (χ2n) is 2.58. The van der Waals surface area contributed by atoms with Gasteiger partial charge in [0.05, 0.1) is 0 Å². The van der Waals surface area contributed by atoms with Crippen LogP contribution in [0.3, 0.4) is 0 Å². The molecule has 0 atom stereocenters. The molecule has 1 saturated carbocycles. The maximum atomic E-state index is 9.84. The summed E-state index contributed by atoms with van der Waals surface area (Å²) in [6.45, 7) is 0. The van der Waals surface area contributed by atoms with Gasteiger partial charge in [-0.2, -0.15) is 6.41 Å². The molecular formula is C7H12AmNOY-. The van der Waals surface area contributed by atoms with Gasteiger partial charge in [0.25, 0.3) is 0 Å². The molecule has 1 amide bonds. The zero-order chi connectivity index (χ0) is 6.53. The fraction of sp³-hybridized carbons (Fsp3) is 0.857. The van der Waals surface area contributed by atoms with Gasteiger partial charge in [0.2, 0.25) is 0 Å². The fourth-order valence-electron chi connectivity index (χ4n) is 1.33. The third-order valence-corrected chi connectivity index (χ3v) is 1.87. The average molecular weight is 458 g/mol. The Bertz CT molecular complexity index is 96.4. The van der Waals surface area contributed by atoms with Gasteiger partial charge in [0.15, 0.2) is 0 Å². The SMILES string of the molecule is O=[C-]NC1CCCCC1.[Am].[Y]. The molecule has 2 nitrogen and oxygen atoms in total. The van der Waals surface area contributed by atoms with E-state index in [9.17, 15) is 4.79 Å². The Kier molecular flexibility index (Phi) is 11.9. The fourth-order valence-corrected chi connectivity index (χ4v) is 1.33. The summed E-state index contributed by atoms with van der Waals surface area (Å²) in [5, 5.41) is 2.68. The molecule has 1 rings (SSSR count). The molecule has 0 spiro atoms. The maximum absolute atomic E-state index is 9.84. The third kappa shape index (κ3) is 6.15. The maximum Gasteiger partial charge on any atom is 0 e. The number of nitrogens with one attached hydrogen (secondary N) is 1. The molecule has 2 radical (unpaired) electrons. The first-order valence-electron chi connectivity index (χ1n) is 3.56. The Morgan fingerprint density at radius 2 is 1.73 bits per heavy atom. The van der Waals surface area contributed by atoms with Crippen molar-refractivity contribution in [2.75, 3.05) is 0 Å². The number of carbonyl (C=O) groups excluding carboxylic acids is 1. The molecule has 1 aliphatic rings. The Morgan fingerprint density at radius 3 is 2.18 bits per heavy atom. The summed E-state index contributed by atoms with van der Waals surface area (Å²) >= 11 is 0. The molecule has 0 aliphatic heterocycles. The zero-order valence-corrected chi connectivity index (χ0v) is 12.5. The third-order valence-electron chi connectivity index (χ3n) is 1.87. The van der Waals surface area contributed by atoms with E-state index in [0.717, 1.165) is 12.8 Å². The number of hydrogen-bond donors (Lipinski definition) is 1. The minimum atomic E-state index is 0. The summed E-state index contributed by atoms with van der Waals surface area (Å²) in [6.07, 6.45) is 7.89. The molecule has 0 bridgehead atoms. The van der Waals surface area contributed by atoms with Gasteiger partial charge in [-0.25, -0.2) is 0 Å². The second kappa shape index (κ2) is 9.05.